The standard InChI is InChI=1S/C13H18N2O5S/c1-2-10-8-20-6-5-15(10)21(18,19)12-4-3-9(14)7-11(12)13(16)17/h3-4,7,10H,2,5-6,8,14H2,1H3,(H,16,17). The first-order valence-corrected chi connectivity index (χ1v) is 8.04. The highest BCUT2D eigenvalue weighted by atomic mass is 32.2. The topological polar surface area (TPSA) is 110 Å². The lowest BCUT2D eigenvalue weighted by Gasteiger charge is -2.34. The van der Waals surface area contributed by atoms with Gasteiger partial charge in [-0.1, -0.05) is 6.92 Å². The highest BCUT2D eigenvalue weighted by Crippen LogP contribution is 2.26. The van der Waals surface area contributed by atoms with Crippen LogP contribution >= 0.6 is 0 Å². The molecule has 8 heteroatoms. The molecule has 1 saturated heterocycles. The molecule has 0 bridgehead atoms. The summed E-state index contributed by atoms with van der Waals surface area (Å²) in [5, 5.41) is 9.21. The number of nitrogens with two attached hydrogens (primary N) is 1. The molecule has 1 aromatic rings. The molecule has 0 aromatic heterocycles. The van der Waals surface area contributed by atoms with Crippen molar-refractivity contribution in [1.82, 2.24) is 4.31 Å². The lowest BCUT2D eigenvalue weighted by Crippen LogP contribution is -2.48. The number of carboxylic acids is 1. The van der Waals surface area contributed by atoms with E-state index in [0.29, 0.717) is 19.6 Å². The summed E-state index contributed by atoms with van der Waals surface area (Å²) in [7, 11) is -3.90. The third-order valence-corrected chi connectivity index (χ3v) is 5.48. The number of ether oxygens (including phenoxy) is 1. The molecule has 0 saturated carbocycles. The van der Waals surface area contributed by atoms with Crippen molar-refractivity contribution in [2.75, 3.05) is 25.5 Å². The second-order valence-electron chi connectivity index (χ2n) is 4.81. The summed E-state index contributed by atoms with van der Waals surface area (Å²) in [6.45, 7) is 2.69. The zero-order chi connectivity index (χ0) is 15.6. The van der Waals surface area contributed by atoms with E-state index in [1.165, 1.54) is 16.4 Å². The number of nitrogens with zero attached hydrogens (tertiary/aromatic N) is 1. The molecule has 1 unspecified atom stereocenters. The molecule has 0 spiro atoms. The second-order valence-corrected chi connectivity index (χ2v) is 6.67. The SMILES string of the molecule is CCC1COCCN1S(=O)(=O)c1ccc(N)cc1C(=O)O. The van der Waals surface area contributed by atoms with E-state index in [2.05, 4.69) is 0 Å². The molecule has 0 aliphatic carbocycles. The van der Waals surface area contributed by atoms with Gasteiger partial charge in [-0.25, -0.2) is 13.2 Å². The molecule has 1 heterocycles. The number of hydrogen-bond acceptors (Lipinski definition) is 5. The molecule has 2 rings (SSSR count). The maximum atomic E-state index is 12.8. The maximum absolute atomic E-state index is 12.8. The van der Waals surface area contributed by atoms with Crippen molar-refractivity contribution < 1.29 is 23.1 Å². The minimum Gasteiger partial charge on any atom is -0.478 e. The van der Waals surface area contributed by atoms with E-state index in [1.54, 1.807) is 0 Å². The summed E-state index contributed by atoms with van der Waals surface area (Å²) in [5.74, 6) is -1.32. The van der Waals surface area contributed by atoms with Crippen LogP contribution in [0.3, 0.4) is 0 Å². The Balaban J connectivity index is 2.51. The molecule has 0 radical (unpaired) electrons. The van der Waals surface area contributed by atoms with Crippen molar-refractivity contribution >= 4 is 21.7 Å². The number of rotatable bonds is 4. The first-order chi connectivity index (χ1) is 9.87. The van der Waals surface area contributed by atoms with E-state index in [9.17, 15) is 18.3 Å². The van der Waals surface area contributed by atoms with Crippen LogP contribution in [0.4, 0.5) is 5.69 Å². The van der Waals surface area contributed by atoms with Gasteiger partial charge in [-0.15, -0.1) is 0 Å². The maximum Gasteiger partial charge on any atom is 0.337 e. The van der Waals surface area contributed by atoms with Crippen LogP contribution in [0.5, 0.6) is 0 Å². The summed E-state index contributed by atoms with van der Waals surface area (Å²) in [5.41, 5.74) is 5.45. The predicted octanol–water partition coefficient (Wildman–Crippen LogP) is 0.766. The molecule has 0 amide bonds. The average molecular weight is 314 g/mol. The average Bonchev–Trinajstić information content (AvgIpc) is 2.46. The van der Waals surface area contributed by atoms with E-state index < -0.39 is 16.0 Å². The number of nitrogen functional groups attached to an aromatic ring is 1. The largest absolute Gasteiger partial charge is 0.478 e. The van der Waals surface area contributed by atoms with E-state index in [1.807, 2.05) is 6.92 Å². The Morgan fingerprint density at radius 1 is 1.52 bits per heavy atom. The van der Waals surface area contributed by atoms with Crippen LogP contribution in [0.25, 0.3) is 0 Å². The zero-order valence-electron chi connectivity index (χ0n) is 11.7. The molecule has 21 heavy (non-hydrogen) atoms. The third kappa shape index (κ3) is 3.02. The Morgan fingerprint density at radius 2 is 2.24 bits per heavy atom. The smallest absolute Gasteiger partial charge is 0.337 e. The Kier molecular flexibility index (Phi) is 4.50. The van der Waals surface area contributed by atoms with Crippen molar-refractivity contribution in [1.29, 1.82) is 0 Å². The lowest BCUT2D eigenvalue weighted by molar-refractivity contribution is 0.0313. The van der Waals surface area contributed by atoms with Crippen molar-refractivity contribution in [3.05, 3.63) is 23.8 Å². The Labute approximate surface area is 123 Å². The van der Waals surface area contributed by atoms with Gasteiger partial charge in [0.2, 0.25) is 10.0 Å². The van der Waals surface area contributed by atoms with Gasteiger partial charge in [-0.05, 0) is 24.6 Å². The van der Waals surface area contributed by atoms with Gasteiger partial charge in [0, 0.05) is 18.3 Å². The molecule has 116 valence electrons. The molecule has 1 fully saturated rings. The predicted molar refractivity (Wildman–Crippen MR) is 76.6 cm³/mol. The molecule has 1 aliphatic heterocycles. The fourth-order valence-corrected chi connectivity index (χ4v) is 4.18. The number of aromatic carboxylic acids is 1. The zero-order valence-corrected chi connectivity index (χ0v) is 12.5. The monoisotopic (exact) mass is 314 g/mol. The fraction of sp³-hybridized carbons (Fsp3) is 0.462. The molecular weight excluding hydrogens is 296 g/mol. The Morgan fingerprint density at radius 3 is 2.86 bits per heavy atom. The van der Waals surface area contributed by atoms with Crippen molar-refractivity contribution in [3.63, 3.8) is 0 Å². The van der Waals surface area contributed by atoms with Crippen LogP contribution in [0.2, 0.25) is 0 Å². The van der Waals surface area contributed by atoms with Gasteiger partial charge in [-0.2, -0.15) is 4.31 Å². The van der Waals surface area contributed by atoms with Gasteiger partial charge in [0.1, 0.15) is 0 Å². The quantitative estimate of drug-likeness (QED) is 0.794. The van der Waals surface area contributed by atoms with Crippen molar-refractivity contribution in [2.45, 2.75) is 24.3 Å². The van der Waals surface area contributed by atoms with E-state index in [4.69, 9.17) is 10.5 Å². The number of morpholine rings is 1. The summed E-state index contributed by atoms with van der Waals surface area (Å²) >= 11 is 0. The summed E-state index contributed by atoms with van der Waals surface area (Å²) in [6.07, 6.45) is 0.594. The second kappa shape index (κ2) is 6.00. The molecule has 1 aromatic carbocycles. The number of benzene rings is 1. The minimum atomic E-state index is -3.90. The first-order valence-electron chi connectivity index (χ1n) is 6.60. The Bertz CT molecular complexity index is 644. The molecule has 3 N–H and O–H groups in total. The van der Waals surface area contributed by atoms with Gasteiger partial charge in [0.15, 0.2) is 0 Å². The molecule has 1 atom stereocenters. The lowest BCUT2D eigenvalue weighted by atomic mass is 10.2. The van der Waals surface area contributed by atoms with Crippen molar-refractivity contribution in [3.8, 4) is 0 Å². The van der Waals surface area contributed by atoms with Gasteiger partial charge in [-0.3, -0.25) is 0 Å². The van der Waals surface area contributed by atoms with Gasteiger partial charge >= 0.3 is 5.97 Å². The molecular formula is C13H18N2O5S. The number of sulfonamides is 1. The van der Waals surface area contributed by atoms with Crippen LogP contribution in [0, 0.1) is 0 Å². The summed E-state index contributed by atoms with van der Waals surface area (Å²) in [6, 6.07) is 3.51. The van der Waals surface area contributed by atoms with E-state index >= 15 is 0 Å². The van der Waals surface area contributed by atoms with Crippen LogP contribution in [-0.4, -0.2) is 49.6 Å². The van der Waals surface area contributed by atoms with Gasteiger partial charge in [0.05, 0.1) is 23.7 Å². The highest BCUT2D eigenvalue weighted by molar-refractivity contribution is 7.89. The Hall–Kier alpha value is -1.64. The van der Waals surface area contributed by atoms with E-state index in [-0.39, 0.29) is 28.7 Å². The summed E-state index contributed by atoms with van der Waals surface area (Å²) < 4.78 is 32.1. The number of carboxylic acid groups (broad SMARTS) is 1. The number of carbonyl (C=O) groups is 1. The number of hydrogen-bond donors (Lipinski definition) is 2. The summed E-state index contributed by atoms with van der Waals surface area (Å²) in [4.78, 5) is 11.1. The molecule has 7 nitrogen and oxygen atoms in total. The van der Waals surface area contributed by atoms with Crippen LogP contribution < -0.4 is 5.73 Å². The van der Waals surface area contributed by atoms with Crippen LogP contribution in [-0.2, 0) is 14.8 Å². The van der Waals surface area contributed by atoms with E-state index in [0.717, 1.165) is 6.07 Å². The highest BCUT2D eigenvalue weighted by Gasteiger charge is 2.35. The van der Waals surface area contributed by atoms with Gasteiger partial charge in [0.25, 0.3) is 0 Å². The third-order valence-electron chi connectivity index (χ3n) is 3.47. The fourth-order valence-electron chi connectivity index (χ4n) is 2.34. The minimum absolute atomic E-state index is 0.209. The van der Waals surface area contributed by atoms with Crippen LogP contribution in [0.15, 0.2) is 23.1 Å². The number of anilines is 1. The molecule has 1 aliphatic rings. The van der Waals surface area contributed by atoms with Crippen LogP contribution in [0.1, 0.15) is 23.7 Å². The van der Waals surface area contributed by atoms with Gasteiger partial charge < -0.3 is 15.6 Å². The first kappa shape index (κ1) is 15.7. The normalized spacial score (nSPS) is 20.3. The van der Waals surface area contributed by atoms with Crippen molar-refractivity contribution in [2.24, 2.45) is 0 Å².